The highest BCUT2D eigenvalue weighted by atomic mass is 19.1. The standard InChI is InChI=1S/C16H22FN/c1-5-13(11-18-4)14(6-2)12(3)15-9-7-8-10-16(15)17/h5,7-10,18H,6,11H2,1-4H3/b13-5-,14-12+. The first-order valence-electron chi connectivity index (χ1n) is 6.40. The summed E-state index contributed by atoms with van der Waals surface area (Å²) < 4.78 is 13.8. The Bertz CT molecular complexity index is 458. The Hall–Kier alpha value is -1.41. The van der Waals surface area contributed by atoms with Gasteiger partial charge in [0.25, 0.3) is 0 Å². The van der Waals surface area contributed by atoms with Crippen LogP contribution in [-0.4, -0.2) is 13.6 Å². The molecule has 0 fully saturated rings. The number of benzene rings is 1. The second-order valence-electron chi connectivity index (χ2n) is 4.28. The summed E-state index contributed by atoms with van der Waals surface area (Å²) in [5.74, 6) is -0.152. The van der Waals surface area contributed by atoms with Gasteiger partial charge in [0, 0.05) is 12.1 Å². The fraction of sp³-hybridized carbons (Fsp3) is 0.375. The fourth-order valence-electron chi connectivity index (χ4n) is 2.23. The average molecular weight is 247 g/mol. The molecule has 1 aromatic rings. The lowest BCUT2D eigenvalue weighted by Crippen LogP contribution is -2.12. The predicted molar refractivity (Wildman–Crippen MR) is 77.0 cm³/mol. The van der Waals surface area contributed by atoms with Crippen LogP contribution in [0.5, 0.6) is 0 Å². The summed E-state index contributed by atoms with van der Waals surface area (Å²) in [7, 11) is 1.93. The Kier molecular flexibility index (Phi) is 5.79. The molecule has 0 aliphatic rings. The highest BCUT2D eigenvalue weighted by molar-refractivity contribution is 5.71. The lowest BCUT2D eigenvalue weighted by atomic mass is 9.93. The minimum atomic E-state index is -0.152. The Labute approximate surface area is 109 Å². The third kappa shape index (κ3) is 3.30. The summed E-state index contributed by atoms with van der Waals surface area (Å²) in [5.41, 5.74) is 4.18. The van der Waals surface area contributed by atoms with Crippen LogP contribution in [-0.2, 0) is 0 Å². The number of allylic oxidation sites excluding steroid dienone is 2. The van der Waals surface area contributed by atoms with E-state index in [0.29, 0.717) is 5.56 Å². The van der Waals surface area contributed by atoms with Crippen LogP contribution in [0, 0.1) is 5.82 Å². The van der Waals surface area contributed by atoms with Crippen molar-refractivity contribution in [2.45, 2.75) is 27.2 Å². The first-order chi connectivity index (χ1) is 8.65. The second kappa shape index (κ2) is 7.12. The molecule has 98 valence electrons. The zero-order chi connectivity index (χ0) is 13.5. The Morgan fingerprint density at radius 2 is 2.00 bits per heavy atom. The van der Waals surface area contributed by atoms with E-state index < -0.39 is 0 Å². The smallest absolute Gasteiger partial charge is 0.130 e. The van der Waals surface area contributed by atoms with Crippen LogP contribution in [0.2, 0.25) is 0 Å². The maximum Gasteiger partial charge on any atom is 0.130 e. The molecule has 0 spiro atoms. The number of nitrogens with one attached hydrogen (secondary N) is 1. The van der Waals surface area contributed by atoms with E-state index in [2.05, 4.69) is 18.3 Å². The van der Waals surface area contributed by atoms with Gasteiger partial charge in [0.15, 0.2) is 0 Å². The molecular formula is C16H22FN. The molecule has 0 radical (unpaired) electrons. The zero-order valence-electron chi connectivity index (χ0n) is 11.7. The van der Waals surface area contributed by atoms with Crippen molar-refractivity contribution in [1.82, 2.24) is 5.32 Å². The molecule has 2 heteroatoms. The summed E-state index contributed by atoms with van der Waals surface area (Å²) >= 11 is 0. The summed E-state index contributed by atoms with van der Waals surface area (Å²) in [4.78, 5) is 0. The summed E-state index contributed by atoms with van der Waals surface area (Å²) in [6.07, 6.45) is 3.00. The van der Waals surface area contributed by atoms with Gasteiger partial charge in [0.05, 0.1) is 0 Å². The van der Waals surface area contributed by atoms with E-state index in [-0.39, 0.29) is 5.82 Å². The first kappa shape index (κ1) is 14.7. The van der Waals surface area contributed by atoms with Gasteiger partial charge in [-0.25, -0.2) is 4.39 Å². The van der Waals surface area contributed by atoms with Crippen LogP contribution < -0.4 is 5.32 Å². The molecule has 0 aromatic heterocycles. The van der Waals surface area contributed by atoms with Crippen molar-refractivity contribution in [2.24, 2.45) is 0 Å². The highest BCUT2D eigenvalue weighted by Crippen LogP contribution is 2.27. The molecule has 0 aliphatic heterocycles. The van der Waals surface area contributed by atoms with Crippen LogP contribution in [0.4, 0.5) is 4.39 Å². The Morgan fingerprint density at radius 3 is 2.50 bits per heavy atom. The average Bonchev–Trinajstić information content (AvgIpc) is 2.38. The van der Waals surface area contributed by atoms with Gasteiger partial charge in [-0.1, -0.05) is 31.2 Å². The van der Waals surface area contributed by atoms with Crippen molar-refractivity contribution >= 4 is 5.57 Å². The van der Waals surface area contributed by atoms with Crippen molar-refractivity contribution in [2.75, 3.05) is 13.6 Å². The quantitative estimate of drug-likeness (QED) is 0.770. The molecule has 1 nitrogen and oxygen atoms in total. The third-order valence-corrected chi connectivity index (χ3v) is 3.19. The topological polar surface area (TPSA) is 12.0 Å². The van der Waals surface area contributed by atoms with E-state index in [9.17, 15) is 4.39 Å². The SMILES string of the molecule is C/C=C(CNC)\C(CC)=C(/C)c1ccccc1F. The lowest BCUT2D eigenvalue weighted by Gasteiger charge is -2.15. The monoisotopic (exact) mass is 247 g/mol. The van der Waals surface area contributed by atoms with E-state index in [0.717, 1.165) is 18.5 Å². The zero-order valence-corrected chi connectivity index (χ0v) is 11.7. The first-order valence-corrected chi connectivity index (χ1v) is 6.40. The molecule has 0 atom stereocenters. The van der Waals surface area contributed by atoms with E-state index in [1.807, 2.05) is 33.0 Å². The number of rotatable bonds is 5. The Morgan fingerprint density at radius 1 is 1.33 bits per heavy atom. The minimum absolute atomic E-state index is 0.152. The van der Waals surface area contributed by atoms with Gasteiger partial charge in [-0.2, -0.15) is 0 Å². The normalized spacial score (nSPS) is 13.5. The summed E-state index contributed by atoms with van der Waals surface area (Å²) in [6, 6.07) is 6.96. The molecule has 0 heterocycles. The van der Waals surface area contributed by atoms with Gasteiger partial charge in [0.2, 0.25) is 0 Å². The highest BCUT2D eigenvalue weighted by Gasteiger charge is 2.10. The minimum Gasteiger partial charge on any atom is -0.316 e. The van der Waals surface area contributed by atoms with Gasteiger partial charge in [-0.05, 0) is 50.1 Å². The van der Waals surface area contributed by atoms with Crippen LogP contribution in [0.1, 0.15) is 32.8 Å². The van der Waals surface area contributed by atoms with Crippen molar-refractivity contribution in [3.63, 3.8) is 0 Å². The predicted octanol–water partition coefficient (Wildman–Crippen LogP) is 4.17. The maximum absolute atomic E-state index is 13.8. The summed E-state index contributed by atoms with van der Waals surface area (Å²) in [6.45, 7) is 6.94. The molecule has 0 saturated heterocycles. The molecule has 18 heavy (non-hydrogen) atoms. The van der Waals surface area contributed by atoms with Crippen molar-refractivity contribution in [3.8, 4) is 0 Å². The molecule has 0 amide bonds. The van der Waals surface area contributed by atoms with Crippen molar-refractivity contribution < 1.29 is 4.39 Å². The van der Waals surface area contributed by atoms with E-state index in [4.69, 9.17) is 0 Å². The molecule has 1 rings (SSSR count). The Balaban J connectivity index is 3.27. The fourth-order valence-corrected chi connectivity index (χ4v) is 2.23. The number of halogens is 1. The molecule has 1 N–H and O–H groups in total. The van der Waals surface area contributed by atoms with E-state index in [1.54, 1.807) is 6.07 Å². The van der Waals surface area contributed by atoms with Crippen LogP contribution in [0.25, 0.3) is 5.57 Å². The van der Waals surface area contributed by atoms with E-state index >= 15 is 0 Å². The molecule has 0 unspecified atom stereocenters. The summed E-state index contributed by atoms with van der Waals surface area (Å²) in [5, 5.41) is 3.16. The van der Waals surface area contributed by atoms with E-state index in [1.165, 1.54) is 17.2 Å². The number of hydrogen-bond acceptors (Lipinski definition) is 1. The van der Waals surface area contributed by atoms with Gasteiger partial charge < -0.3 is 5.32 Å². The van der Waals surface area contributed by atoms with Crippen LogP contribution in [0.15, 0.2) is 41.5 Å². The van der Waals surface area contributed by atoms with Gasteiger partial charge in [-0.3, -0.25) is 0 Å². The number of hydrogen-bond donors (Lipinski definition) is 1. The van der Waals surface area contributed by atoms with Crippen LogP contribution >= 0.6 is 0 Å². The van der Waals surface area contributed by atoms with Gasteiger partial charge >= 0.3 is 0 Å². The maximum atomic E-state index is 13.8. The van der Waals surface area contributed by atoms with Crippen molar-refractivity contribution in [3.05, 3.63) is 52.9 Å². The molecule has 0 saturated carbocycles. The molecular weight excluding hydrogens is 225 g/mol. The molecule has 0 aliphatic carbocycles. The van der Waals surface area contributed by atoms with Crippen molar-refractivity contribution in [1.29, 1.82) is 0 Å². The second-order valence-corrected chi connectivity index (χ2v) is 4.28. The van der Waals surface area contributed by atoms with Crippen LogP contribution in [0.3, 0.4) is 0 Å². The van der Waals surface area contributed by atoms with Gasteiger partial charge in [0.1, 0.15) is 5.82 Å². The lowest BCUT2D eigenvalue weighted by molar-refractivity contribution is 0.623. The van der Waals surface area contributed by atoms with Gasteiger partial charge in [-0.15, -0.1) is 0 Å². The molecule has 0 bridgehead atoms. The molecule has 1 aromatic carbocycles. The third-order valence-electron chi connectivity index (χ3n) is 3.19. The number of likely N-dealkylation sites (N-methyl/N-ethyl adjacent to an activating group) is 1. The largest absolute Gasteiger partial charge is 0.316 e.